The van der Waals surface area contributed by atoms with E-state index in [1.807, 2.05) is 20.8 Å². The average Bonchev–Trinajstić information content (AvgIpc) is 2.24. The van der Waals surface area contributed by atoms with Crippen LogP contribution in [0.2, 0.25) is 5.15 Å². The third-order valence-corrected chi connectivity index (χ3v) is 2.34. The third-order valence-electron chi connectivity index (χ3n) is 2.14. The maximum atomic E-state index is 11.4. The highest BCUT2D eigenvalue weighted by molar-refractivity contribution is 6.29. The highest BCUT2D eigenvalue weighted by Gasteiger charge is 2.15. The Kier molecular flexibility index (Phi) is 5.88. The Morgan fingerprint density at radius 2 is 2.10 bits per heavy atom. The molecule has 20 heavy (non-hydrogen) atoms. The summed E-state index contributed by atoms with van der Waals surface area (Å²) in [6.45, 7) is 6.62. The number of nitrogens with zero attached hydrogens (tertiary/aromatic N) is 1. The molecule has 0 aliphatic carbocycles. The summed E-state index contributed by atoms with van der Waals surface area (Å²) in [5.41, 5.74) is 5.72. The number of alkyl carbamates (subject to hydrolysis) is 1. The molecule has 0 spiro atoms. The van der Waals surface area contributed by atoms with Gasteiger partial charge >= 0.3 is 6.09 Å². The molecule has 0 saturated carbocycles. The monoisotopic (exact) mass is 300 g/mol. The molecule has 1 heterocycles. The fourth-order valence-electron chi connectivity index (χ4n) is 1.42. The number of rotatable bonds is 5. The number of pyridine rings is 1. The Hall–Kier alpha value is -1.69. The fraction of sp³-hybridized carbons (Fsp3) is 0.538. The van der Waals surface area contributed by atoms with Gasteiger partial charge in [-0.2, -0.15) is 0 Å². The molecule has 1 aromatic rings. The molecule has 1 aromatic heterocycles. The van der Waals surface area contributed by atoms with Crippen molar-refractivity contribution in [3.05, 3.63) is 17.3 Å². The summed E-state index contributed by atoms with van der Waals surface area (Å²) in [4.78, 5) is 15.5. The molecule has 1 rings (SSSR count). The lowest BCUT2D eigenvalue weighted by molar-refractivity contribution is 0.0528. The number of nitrogens with one attached hydrogen (secondary N) is 2. The minimum Gasteiger partial charge on any atom is -0.444 e. The normalized spacial score (nSPS) is 11.0. The van der Waals surface area contributed by atoms with Gasteiger partial charge in [-0.15, -0.1) is 0 Å². The molecule has 0 bridgehead atoms. The molecule has 0 saturated heterocycles. The topological polar surface area (TPSA) is 89.3 Å². The Morgan fingerprint density at radius 3 is 2.70 bits per heavy atom. The van der Waals surface area contributed by atoms with Crippen LogP contribution < -0.4 is 16.4 Å². The molecule has 1 amide bonds. The number of hydrogen-bond donors (Lipinski definition) is 3. The molecular weight excluding hydrogens is 280 g/mol. The highest BCUT2D eigenvalue weighted by atomic mass is 35.5. The number of nitrogen functional groups attached to an aromatic ring is 1. The molecule has 0 radical (unpaired) electrons. The zero-order chi connectivity index (χ0) is 15.2. The van der Waals surface area contributed by atoms with E-state index in [9.17, 15) is 4.79 Å². The van der Waals surface area contributed by atoms with Crippen molar-refractivity contribution < 1.29 is 9.53 Å². The van der Waals surface area contributed by atoms with Gasteiger partial charge in [-0.25, -0.2) is 9.78 Å². The summed E-state index contributed by atoms with van der Waals surface area (Å²) in [5, 5.41) is 6.10. The van der Waals surface area contributed by atoms with E-state index in [0.717, 1.165) is 6.42 Å². The van der Waals surface area contributed by atoms with Gasteiger partial charge in [0, 0.05) is 24.8 Å². The summed E-state index contributed by atoms with van der Waals surface area (Å²) >= 11 is 5.79. The summed E-state index contributed by atoms with van der Waals surface area (Å²) in [7, 11) is 0. The van der Waals surface area contributed by atoms with Gasteiger partial charge in [0.05, 0.1) is 0 Å². The quantitative estimate of drug-likeness (QED) is 0.574. The predicted molar refractivity (Wildman–Crippen MR) is 81.0 cm³/mol. The van der Waals surface area contributed by atoms with Gasteiger partial charge in [-0.1, -0.05) is 11.6 Å². The van der Waals surface area contributed by atoms with Crippen molar-refractivity contribution in [3.8, 4) is 0 Å². The van der Waals surface area contributed by atoms with E-state index < -0.39 is 11.7 Å². The fourth-order valence-corrected chi connectivity index (χ4v) is 1.63. The first kappa shape index (κ1) is 16.4. The van der Waals surface area contributed by atoms with Crippen molar-refractivity contribution in [3.63, 3.8) is 0 Å². The summed E-state index contributed by atoms with van der Waals surface area (Å²) in [6, 6.07) is 3.28. The molecule has 4 N–H and O–H groups in total. The molecule has 0 aliphatic heterocycles. The summed E-state index contributed by atoms with van der Waals surface area (Å²) < 4.78 is 5.12. The van der Waals surface area contributed by atoms with Crippen LogP contribution in [0.3, 0.4) is 0 Å². The van der Waals surface area contributed by atoms with Crippen LogP contribution in [0.5, 0.6) is 0 Å². The Morgan fingerprint density at radius 1 is 1.40 bits per heavy atom. The predicted octanol–water partition coefficient (Wildman–Crippen LogP) is 2.64. The number of carbonyl (C=O) groups excluding carboxylic acids is 1. The van der Waals surface area contributed by atoms with Gasteiger partial charge in [-0.3, -0.25) is 0 Å². The van der Waals surface area contributed by atoms with Crippen LogP contribution in [0, 0.1) is 0 Å². The lowest BCUT2D eigenvalue weighted by atomic mass is 10.2. The molecule has 6 nitrogen and oxygen atoms in total. The van der Waals surface area contributed by atoms with Gasteiger partial charge in [-0.05, 0) is 33.3 Å². The second kappa shape index (κ2) is 7.19. The van der Waals surface area contributed by atoms with E-state index in [1.165, 1.54) is 0 Å². The minimum atomic E-state index is -0.482. The Balaban J connectivity index is 2.20. The first-order valence-corrected chi connectivity index (χ1v) is 6.78. The maximum Gasteiger partial charge on any atom is 0.407 e. The van der Waals surface area contributed by atoms with E-state index >= 15 is 0 Å². The van der Waals surface area contributed by atoms with E-state index in [0.29, 0.717) is 29.7 Å². The van der Waals surface area contributed by atoms with Crippen molar-refractivity contribution in [2.45, 2.75) is 32.8 Å². The molecule has 0 aliphatic rings. The van der Waals surface area contributed by atoms with Crippen LogP contribution in [0.25, 0.3) is 0 Å². The van der Waals surface area contributed by atoms with Crippen molar-refractivity contribution >= 4 is 29.2 Å². The molecule has 0 atom stereocenters. The van der Waals surface area contributed by atoms with E-state index in [1.54, 1.807) is 12.1 Å². The lowest BCUT2D eigenvalue weighted by Crippen LogP contribution is -2.33. The van der Waals surface area contributed by atoms with Gasteiger partial charge in [0.15, 0.2) is 0 Å². The van der Waals surface area contributed by atoms with Crippen LogP contribution in [0.4, 0.5) is 16.3 Å². The molecule has 0 aromatic carbocycles. The zero-order valence-corrected chi connectivity index (χ0v) is 12.8. The first-order valence-electron chi connectivity index (χ1n) is 6.40. The molecule has 0 fully saturated rings. The Bertz CT molecular complexity index is 440. The number of amides is 1. The summed E-state index contributed by atoms with van der Waals surface area (Å²) in [6.07, 6.45) is 0.315. The number of nitrogens with two attached hydrogens (primary N) is 1. The van der Waals surface area contributed by atoms with Crippen LogP contribution in [0.1, 0.15) is 27.2 Å². The number of aromatic nitrogens is 1. The number of carbonyl (C=O) groups is 1. The van der Waals surface area contributed by atoms with Crippen LogP contribution >= 0.6 is 11.6 Å². The van der Waals surface area contributed by atoms with E-state index in [4.69, 9.17) is 22.1 Å². The third kappa shape index (κ3) is 7.04. The number of hydrogen-bond acceptors (Lipinski definition) is 5. The van der Waals surface area contributed by atoms with Crippen LogP contribution in [-0.2, 0) is 4.74 Å². The van der Waals surface area contributed by atoms with E-state index in [2.05, 4.69) is 15.6 Å². The lowest BCUT2D eigenvalue weighted by Gasteiger charge is -2.19. The van der Waals surface area contributed by atoms with Crippen molar-refractivity contribution in [1.29, 1.82) is 0 Å². The van der Waals surface area contributed by atoms with Gasteiger partial charge in [0.1, 0.15) is 16.6 Å². The van der Waals surface area contributed by atoms with Gasteiger partial charge < -0.3 is 21.1 Å². The SMILES string of the molecule is CC(C)(C)OC(=O)NCCCNc1cc(N)cc(Cl)n1. The standard InChI is InChI=1S/C13H21ClN4O2/c1-13(2,3)20-12(19)17-6-4-5-16-11-8-9(15)7-10(14)18-11/h7-8H,4-6H2,1-3H3,(H,17,19)(H3,15,16,18). The van der Waals surface area contributed by atoms with E-state index in [-0.39, 0.29) is 0 Å². The number of halogens is 1. The molecule has 0 unspecified atom stereocenters. The van der Waals surface area contributed by atoms with Crippen molar-refractivity contribution in [2.75, 3.05) is 24.1 Å². The highest BCUT2D eigenvalue weighted by Crippen LogP contribution is 2.15. The second-order valence-electron chi connectivity index (χ2n) is 5.32. The zero-order valence-electron chi connectivity index (χ0n) is 12.0. The second-order valence-corrected chi connectivity index (χ2v) is 5.70. The number of ether oxygens (including phenoxy) is 1. The molecule has 112 valence electrons. The Labute approximate surface area is 124 Å². The van der Waals surface area contributed by atoms with Crippen molar-refractivity contribution in [1.82, 2.24) is 10.3 Å². The smallest absolute Gasteiger partial charge is 0.407 e. The molecular formula is C13H21ClN4O2. The van der Waals surface area contributed by atoms with Crippen LogP contribution in [0.15, 0.2) is 12.1 Å². The van der Waals surface area contributed by atoms with Gasteiger partial charge in [0.2, 0.25) is 0 Å². The summed E-state index contributed by atoms with van der Waals surface area (Å²) in [5.74, 6) is 0.618. The van der Waals surface area contributed by atoms with Crippen molar-refractivity contribution in [2.24, 2.45) is 0 Å². The molecule has 7 heteroatoms. The largest absolute Gasteiger partial charge is 0.444 e. The van der Waals surface area contributed by atoms with Gasteiger partial charge in [0.25, 0.3) is 0 Å². The average molecular weight is 301 g/mol. The number of anilines is 2. The first-order chi connectivity index (χ1) is 9.26. The minimum absolute atomic E-state index is 0.347. The van der Waals surface area contributed by atoms with Crippen LogP contribution in [-0.4, -0.2) is 29.8 Å². The maximum absolute atomic E-state index is 11.4.